The number of urea groups is 1. The molecule has 0 atom stereocenters. The van der Waals surface area contributed by atoms with Crippen LogP contribution in [0.1, 0.15) is 29.5 Å². The van der Waals surface area contributed by atoms with Gasteiger partial charge >= 0.3 is 6.03 Å². The summed E-state index contributed by atoms with van der Waals surface area (Å²) < 4.78 is 13.6. The summed E-state index contributed by atoms with van der Waals surface area (Å²) in [6.45, 7) is 5.73. The summed E-state index contributed by atoms with van der Waals surface area (Å²) in [6, 6.07) is 22.8. The van der Waals surface area contributed by atoms with Crippen molar-refractivity contribution in [2.75, 3.05) is 29.9 Å². The minimum atomic E-state index is -0.359. The average molecular weight is 430 g/mol. The Morgan fingerprint density at radius 2 is 1.78 bits per heavy atom. The van der Waals surface area contributed by atoms with Gasteiger partial charge in [0.2, 0.25) is 0 Å². The van der Waals surface area contributed by atoms with Crippen molar-refractivity contribution in [3.8, 4) is 0 Å². The maximum absolute atomic E-state index is 13.6. The average Bonchev–Trinajstić information content (AvgIpc) is 3.10. The van der Waals surface area contributed by atoms with E-state index in [1.807, 2.05) is 4.90 Å². The molecule has 1 spiro atoms. The van der Waals surface area contributed by atoms with E-state index in [0.29, 0.717) is 12.2 Å². The summed E-state index contributed by atoms with van der Waals surface area (Å²) >= 11 is 0. The van der Waals surface area contributed by atoms with Crippen molar-refractivity contribution in [1.29, 1.82) is 0 Å². The van der Waals surface area contributed by atoms with Crippen LogP contribution in [-0.4, -0.2) is 30.6 Å². The van der Waals surface area contributed by atoms with Crippen LogP contribution >= 0.6 is 0 Å². The molecule has 1 N–H and O–H groups in total. The van der Waals surface area contributed by atoms with Gasteiger partial charge in [0.1, 0.15) is 5.82 Å². The monoisotopic (exact) mass is 429 g/mol. The van der Waals surface area contributed by atoms with E-state index < -0.39 is 0 Å². The minimum absolute atomic E-state index is 0.0339. The number of piperidine rings is 1. The van der Waals surface area contributed by atoms with Gasteiger partial charge in [0.25, 0.3) is 0 Å². The van der Waals surface area contributed by atoms with E-state index in [2.05, 4.69) is 65.7 Å². The molecule has 5 rings (SSSR count). The van der Waals surface area contributed by atoms with Crippen LogP contribution in [0, 0.1) is 12.7 Å². The van der Waals surface area contributed by atoms with Gasteiger partial charge in [-0.15, -0.1) is 0 Å². The first-order valence-electron chi connectivity index (χ1n) is 11.2. The van der Waals surface area contributed by atoms with Crippen LogP contribution in [0.4, 0.5) is 20.6 Å². The summed E-state index contributed by atoms with van der Waals surface area (Å²) in [6.07, 6.45) is 2.03. The van der Waals surface area contributed by atoms with Gasteiger partial charge in [-0.1, -0.05) is 54.1 Å². The van der Waals surface area contributed by atoms with Gasteiger partial charge in [0, 0.05) is 29.9 Å². The van der Waals surface area contributed by atoms with Gasteiger partial charge in [0.15, 0.2) is 0 Å². The number of fused-ring (bicyclic) bond motifs is 2. The summed E-state index contributed by atoms with van der Waals surface area (Å²) in [4.78, 5) is 17.5. The second kappa shape index (κ2) is 8.40. The number of hydrogen-bond donors (Lipinski definition) is 1. The van der Waals surface area contributed by atoms with Crippen molar-refractivity contribution in [2.24, 2.45) is 0 Å². The van der Waals surface area contributed by atoms with Crippen LogP contribution in [0.25, 0.3) is 0 Å². The van der Waals surface area contributed by atoms with Gasteiger partial charge in [-0.05, 0) is 68.2 Å². The molecule has 5 heteroatoms. The highest BCUT2D eigenvalue weighted by Gasteiger charge is 2.46. The zero-order valence-corrected chi connectivity index (χ0v) is 18.4. The summed E-state index contributed by atoms with van der Waals surface area (Å²) in [7, 11) is 0. The molecular formula is C27H28FN3O. The maximum Gasteiger partial charge on any atom is 0.326 e. The number of amides is 2. The third-order valence-corrected chi connectivity index (χ3v) is 6.86. The Morgan fingerprint density at radius 3 is 2.53 bits per heavy atom. The molecule has 2 heterocycles. The topological polar surface area (TPSA) is 35.6 Å². The van der Waals surface area contributed by atoms with Gasteiger partial charge < -0.3 is 5.32 Å². The first kappa shape index (κ1) is 20.7. The number of benzene rings is 3. The van der Waals surface area contributed by atoms with Crippen molar-refractivity contribution < 1.29 is 9.18 Å². The third-order valence-electron chi connectivity index (χ3n) is 6.86. The van der Waals surface area contributed by atoms with E-state index in [9.17, 15) is 9.18 Å². The van der Waals surface area contributed by atoms with Crippen molar-refractivity contribution in [1.82, 2.24) is 4.90 Å². The second-order valence-electron chi connectivity index (χ2n) is 9.09. The molecule has 2 amide bonds. The lowest BCUT2D eigenvalue weighted by molar-refractivity contribution is 0.160. The Labute approximate surface area is 188 Å². The van der Waals surface area contributed by atoms with Crippen molar-refractivity contribution in [3.63, 3.8) is 0 Å². The molecule has 0 saturated carbocycles. The van der Waals surface area contributed by atoms with Crippen LogP contribution in [-0.2, 0) is 12.0 Å². The highest BCUT2D eigenvalue weighted by molar-refractivity contribution is 6.03. The molecule has 1 fully saturated rings. The number of carbonyl (C=O) groups excluding carboxylic acids is 1. The Kier molecular flexibility index (Phi) is 5.43. The molecule has 32 heavy (non-hydrogen) atoms. The molecule has 0 radical (unpaired) electrons. The van der Waals surface area contributed by atoms with Crippen LogP contribution in [0.5, 0.6) is 0 Å². The van der Waals surface area contributed by atoms with Crippen molar-refractivity contribution in [3.05, 3.63) is 95.3 Å². The molecule has 2 aliphatic heterocycles. The molecule has 3 aromatic rings. The van der Waals surface area contributed by atoms with E-state index >= 15 is 0 Å². The predicted molar refractivity (Wildman–Crippen MR) is 127 cm³/mol. The Bertz CT molecular complexity index is 1120. The lowest BCUT2D eigenvalue weighted by Gasteiger charge is -2.40. The highest BCUT2D eigenvalue weighted by Crippen LogP contribution is 2.47. The van der Waals surface area contributed by atoms with Crippen LogP contribution < -0.4 is 10.2 Å². The standard InChI is InChI=1S/C27H28FN3O/c1-20-10-11-25-24(16-20)27(12-14-30(15-13-27)18-21-6-3-2-4-7-21)19-31(25)26(32)29-23-9-5-8-22(28)17-23/h2-11,16-17H,12-15,18-19H2,1H3,(H,29,32). The number of likely N-dealkylation sites (tertiary alicyclic amines) is 1. The summed E-state index contributed by atoms with van der Waals surface area (Å²) in [5.41, 5.74) is 5.23. The zero-order valence-electron chi connectivity index (χ0n) is 18.4. The fourth-order valence-electron chi connectivity index (χ4n) is 5.13. The number of hydrogen-bond acceptors (Lipinski definition) is 2. The SMILES string of the molecule is Cc1ccc2c(c1)C1(CCN(Cc3ccccc3)CC1)CN2C(=O)Nc1cccc(F)c1. The molecule has 0 bridgehead atoms. The number of halogens is 1. The lowest BCUT2D eigenvalue weighted by atomic mass is 9.74. The summed E-state index contributed by atoms with van der Waals surface area (Å²) in [5, 5.41) is 2.88. The Morgan fingerprint density at radius 1 is 1.00 bits per heavy atom. The number of nitrogens with zero attached hydrogens (tertiary/aromatic N) is 2. The smallest absolute Gasteiger partial charge is 0.307 e. The first-order chi connectivity index (χ1) is 15.5. The fourth-order valence-corrected chi connectivity index (χ4v) is 5.13. The minimum Gasteiger partial charge on any atom is -0.307 e. The number of nitrogens with one attached hydrogen (secondary N) is 1. The molecular weight excluding hydrogens is 401 g/mol. The van der Waals surface area contributed by atoms with Gasteiger partial charge in [0.05, 0.1) is 0 Å². The number of aryl methyl sites for hydroxylation is 1. The molecule has 2 aliphatic rings. The van der Waals surface area contributed by atoms with Gasteiger partial charge in [-0.2, -0.15) is 0 Å². The molecule has 1 saturated heterocycles. The number of rotatable bonds is 3. The predicted octanol–water partition coefficient (Wildman–Crippen LogP) is 5.72. The van der Waals surface area contributed by atoms with Crippen molar-refractivity contribution in [2.45, 2.75) is 31.7 Å². The van der Waals surface area contributed by atoms with E-state index in [-0.39, 0.29) is 17.3 Å². The second-order valence-corrected chi connectivity index (χ2v) is 9.09. The molecule has 0 aromatic heterocycles. The lowest BCUT2D eigenvalue weighted by Crippen LogP contribution is -2.46. The van der Waals surface area contributed by atoms with E-state index in [1.165, 1.54) is 28.8 Å². The third kappa shape index (κ3) is 4.00. The van der Waals surface area contributed by atoms with Gasteiger partial charge in [-0.25, -0.2) is 9.18 Å². The summed E-state index contributed by atoms with van der Waals surface area (Å²) in [5.74, 6) is -0.359. The van der Waals surface area contributed by atoms with Crippen LogP contribution in [0.15, 0.2) is 72.8 Å². The maximum atomic E-state index is 13.6. The number of anilines is 2. The van der Waals surface area contributed by atoms with E-state index in [1.54, 1.807) is 12.1 Å². The van der Waals surface area contributed by atoms with Crippen molar-refractivity contribution >= 4 is 17.4 Å². The molecule has 164 valence electrons. The van der Waals surface area contributed by atoms with Crippen LogP contribution in [0.3, 0.4) is 0 Å². The molecule has 4 nitrogen and oxygen atoms in total. The molecule has 0 unspecified atom stereocenters. The Hall–Kier alpha value is -3.18. The largest absolute Gasteiger partial charge is 0.326 e. The van der Waals surface area contributed by atoms with E-state index in [4.69, 9.17) is 0 Å². The zero-order chi connectivity index (χ0) is 22.1. The van der Waals surface area contributed by atoms with Gasteiger partial charge in [-0.3, -0.25) is 9.80 Å². The first-order valence-corrected chi connectivity index (χ1v) is 11.2. The molecule has 0 aliphatic carbocycles. The fraction of sp³-hybridized carbons (Fsp3) is 0.296. The molecule has 3 aromatic carbocycles. The normalized spacial score (nSPS) is 17.4. The quantitative estimate of drug-likeness (QED) is 0.578. The number of carbonyl (C=O) groups is 1. The van der Waals surface area contributed by atoms with Crippen LogP contribution in [0.2, 0.25) is 0 Å². The highest BCUT2D eigenvalue weighted by atomic mass is 19.1. The van der Waals surface area contributed by atoms with E-state index in [0.717, 1.165) is 38.2 Å². The Balaban J connectivity index is 1.35.